The number of aromatic nitrogens is 4. The van der Waals surface area contributed by atoms with Gasteiger partial charge in [0.1, 0.15) is 22.9 Å². The second-order valence-corrected chi connectivity index (χ2v) is 5.71. The molecule has 0 aromatic carbocycles. The molecule has 2 aromatic rings. The number of hydrogen-bond donors (Lipinski definition) is 3. The van der Waals surface area contributed by atoms with Crippen molar-refractivity contribution in [2.75, 3.05) is 5.75 Å². The first-order valence-electron chi connectivity index (χ1n) is 6.33. The smallest absolute Gasteiger partial charge is 0.320 e. The maximum absolute atomic E-state index is 11.1. The number of carbonyl (C=O) groups is 1. The minimum atomic E-state index is -0.825. The van der Waals surface area contributed by atoms with E-state index >= 15 is 0 Å². The van der Waals surface area contributed by atoms with E-state index in [9.17, 15) is 4.79 Å². The Hall–Kier alpha value is -1.67. The number of imidazole rings is 1. The molecule has 1 atom stereocenters. The van der Waals surface area contributed by atoms with E-state index in [-0.39, 0.29) is 6.04 Å². The van der Waals surface area contributed by atoms with Crippen LogP contribution in [0.25, 0.3) is 11.2 Å². The Morgan fingerprint density at radius 2 is 2.25 bits per heavy atom. The predicted molar refractivity (Wildman–Crippen MR) is 76.7 cm³/mol. The number of aromatic amines is 1. The van der Waals surface area contributed by atoms with Crippen molar-refractivity contribution in [3.63, 3.8) is 0 Å². The minimum absolute atomic E-state index is 0.138. The van der Waals surface area contributed by atoms with Crippen molar-refractivity contribution in [1.82, 2.24) is 25.3 Å². The molecule has 108 valence electrons. The maximum atomic E-state index is 11.1. The second kappa shape index (κ2) is 6.67. The molecule has 2 rings (SSSR count). The molecule has 0 radical (unpaired) electrons. The molecular weight excluding hydrogens is 278 g/mol. The number of carboxylic acid groups (broad SMARTS) is 1. The molecule has 0 fully saturated rings. The van der Waals surface area contributed by atoms with E-state index in [0.29, 0.717) is 17.8 Å². The number of nitrogens with zero attached hydrogens (tertiary/aromatic N) is 3. The number of carboxylic acids is 1. The summed E-state index contributed by atoms with van der Waals surface area (Å²) in [5.74, 6) is -0.171. The first-order chi connectivity index (χ1) is 9.58. The lowest BCUT2D eigenvalue weighted by Gasteiger charge is -2.16. The lowest BCUT2D eigenvalue weighted by atomic mass is 10.2. The Morgan fingerprint density at radius 1 is 1.45 bits per heavy atom. The Morgan fingerprint density at radius 3 is 2.95 bits per heavy atom. The van der Waals surface area contributed by atoms with Gasteiger partial charge >= 0.3 is 5.97 Å². The molecule has 7 nitrogen and oxygen atoms in total. The van der Waals surface area contributed by atoms with E-state index in [4.69, 9.17) is 5.11 Å². The zero-order chi connectivity index (χ0) is 14.5. The van der Waals surface area contributed by atoms with E-state index < -0.39 is 12.0 Å². The van der Waals surface area contributed by atoms with Crippen molar-refractivity contribution in [3.05, 3.63) is 12.7 Å². The standard InChI is InChI=1S/C12H17N5O2S/c1-7(2)17-8(12(18)19)3-4-20-11-9-10(14-5-13-9)15-6-16-11/h5-8,17H,3-4H2,1-2H3,(H,18,19)(H,13,14,15,16). The highest BCUT2D eigenvalue weighted by Gasteiger charge is 2.18. The molecular formula is C12H17N5O2S. The summed E-state index contributed by atoms with van der Waals surface area (Å²) in [6.45, 7) is 3.86. The molecule has 8 heteroatoms. The van der Waals surface area contributed by atoms with Crippen molar-refractivity contribution in [2.24, 2.45) is 0 Å². The third-order valence-electron chi connectivity index (χ3n) is 2.67. The van der Waals surface area contributed by atoms with Gasteiger partial charge in [0, 0.05) is 11.8 Å². The highest BCUT2D eigenvalue weighted by atomic mass is 32.2. The molecule has 0 saturated heterocycles. The Labute approximate surface area is 120 Å². The third kappa shape index (κ3) is 3.67. The van der Waals surface area contributed by atoms with Crippen molar-refractivity contribution in [2.45, 2.75) is 37.4 Å². The predicted octanol–water partition coefficient (Wildman–Crippen LogP) is 1.29. The van der Waals surface area contributed by atoms with Crippen molar-refractivity contribution in [3.8, 4) is 0 Å². The number of fused-ring (bicyclic) bond motifs is 1. The van der Waals surface area contributed by atoms with Crippen LogP contribution in [0.3, 0.4) is 0 Å². The number of hydrogen-bond acceptors (Lipinski definition) is 6. The van der Waals surface area contributed by atoms with Crippen LogP contribution >= 0.6 is 11.8 Å². The first-order valence-corrected chi connectivity index (χ1v) is 7.32. The van der Waals surface area contributed by atoms with Crippen molar-refractivity contribution >= 4 is 28.9 Å². The summed E-state index contributed by atoms with van der Waals surface area (Å²) in [6, 6.07) is -0.402. The van der Waals surface area contributed by atoms with Gasteiger partial charge in [-0.05, 0) is 6.42 Å². The van der Waals surface area contributed by atoms with E-state index in [1.54, 1.807) is 6.33 Å². The Bertz CT molecular complexity index is 586. The van der Waals surface area contributed by atoms with E-state index in [2.05, 4.69) is 25.3 Å². The quantitative estimate of drug-likeness (QED) is 0.522. The van der Waals surface area contributed by atoms with Crippen LogP contribution in [0.4, 0.5) is 0 Å². The largest absolute Gasteiger partial charge is 0.480 e. The average Bonchev–Trinajstić information content (AvgIpc) is 2.86. The monoisotopic (exact) mass is 295 g/mol. The molecule has 0 aliphatic carbocycles. The average molecular weight is 295 g/mol. The molecule has 0 aliphatic heterocycles. The summed E-state index contributed by atoms with van der Waals surface area (Å²) < 4.78 is 0. The number of thioether (sulfide) groups is 1. The van der Waals surface area contributed by atoms with Crippen LogP contribution in [-0.2, 0) is 4.79 Å². The molecule has 0 aliphatic rings. The number of nitrogens with one attached hydrogen (secondary N) is 2. The minimum Gasteiger partial charge on any atom is -0.480 e. The second-order valence-electron chi connectivity index (χ2n) is 4.63. The van der Waals surface area contributed by atoms with E-state index in [1.807, 2.05) is 13.8 Å². The zero-order valence-corrected chi connectivity index (χ0v) is 12.1. The fourth-order valence-electron chi connectivity index (χ4n) is 1.81. The molecule has 0 bridgehead atoms. The molecule has 1 unspecified atom stereocenters. The molecule has 0 spiro atoms. The molecule has 2 heterocycles. The lowest BCUT2D eigenvalue weighted by Crippen LogP contribution is -2.41. The van der Waals surface area contributed by atoms with Gasteiger partial charge in [0.25, 0.3) is 0 Å². The topological polar surface area (TPSA) is 104 Å². The van der Waals surface area contributed by atoms with Crippen LogP contribution in [-0.4, -0.2) is 48.8 Å². The summed E-state index contributed by atoms with van der Waals surface area (Å²) in [5, 5.41) is 13.0. The molecule has 2 aromatic heterocycles. The molecule has 0 saturated carbocycles. The zero-order valence-electron chi connectivity index (χ0n) is 11.3. The van der Waals surface area contributed by atoms with Gasteiger partial charge in [-0.25, -0.2) is 15.0 Å². The summed E-state index contributed by atoms with van der Waals surface area (Å²) >= 11 is 1.50. The Balaban J connectivity index is 1.94. The van der Waals surface area contributed by atoms with Gasteiger partial charge in [-0.15, -0.1) is 11.8 Å². The summed E-state index contributed by atoms with van der Waals surface area (Å²) in [4.78, 5) is 26.4. The third-order valence-corrected chi connectivity index (χ3v) is 3.69. The molecule has 3 N–H and O–H groups in total. The summed E-state index contributed by atoms with van der Waals surface area (Å²) in [6.07, 6.45) is 3.56. The summed E-state index contributed by atoms with van der Waals surface area (Å²) in [5.41, 5.74) is 1.42. The SMILES string of the molecule is CC(C)NC(CCSc1ncnc2nc[nH]c12)C(=O)O. The number of rotatable bonds is 7. The number of H-pyrrole nitrogens is 1. The van der Waals surface area contributed by atoms with Gasteiger partial charge in [0.15, 0.2) is 5.65 Å². The van der Waals surface area contributed by atoms with Crippen LogP contribution in [0.1, 0.15) is 20.3 Å². The number of aliphatic carboxylic acids is 1. The van der Waals surface area contributed by atoms with Crippen LogP contribution in [0.15, 0.2) is 17.7 Å². The van der Waals surface area contributed by atoms with Crippen LogP contribution in [0.2, 0.25) is 0 Å². The maximum Gasteiger partial charge on any atom is 0.320 e. The van der Waals surface area contributed by atoms with Crippen LogP contribution < -0.4 is 5.32 Å². The van der Waals surface area contributed by atoms with Crippen molar-refractivity contribution in [1.29, 1.82) is 0 Å². The van der Waals surface area contributed by atoms with Gasteiger partial charge in [0.2, 0.25) is 0 Å². The van der Waals surface area contributed by atoms with Crippen LogP contribution in [0.5, 0.6) is 0 Å². The van der Waals surface area contributed by atoms with Gasteiger partial charge in [-0.1, -0.05) is 13.8 Å². The van der Waals surface area contributed by atoms with Gasteiger partial charge in [-0.3, -0.25) is 4.79 Å². The first kappa shape index (κ1) is 14.7. The fraction of sp³-hybridized carbons (Fsp3) is 0.500. The van der Waals surface area contributed by atoms with Gasteiger partial charge in [-0.2, -0.15) is 0 Å². The van der Waals surface area contributed by atoms with Crippen molar-refractivity contribution < 1.29 is 9.90 Å². The Kier molecular flexibility index (Phi) is 4.91. The van der Waals surface area contributed by atoms with Gasteiger partial charge in [0.05, 0.1) is 6.33 Å². The highest BCUT2D eigenvalue weighted by molar-refractivity contribution is 7.99. The normalized spacial score (nSPS) is 12.9. The molecule has 20 heavy (non-hydrogen) atoms. The van der Waals surface area contributed by atoms with E-state index in [1.165, 1.54) is 18.1 Å². The lowest BCUT2D eigenvalue weighted by molar-refractivity contribution is -0.139. The van der Waals surface area contributed by atoms with Gasteiger partial charge < -0.3 is 15.4 Å². The fourth-order valence-corrected chi connectivity index (χ4v) is 2.77. The summed E-state index contributed by atoms with van der Waals surface area (Å²) in [7, 11) is 0. The van der Waals surface area contributed by atoms with E-state index in [0.717, 1.165) is 10.5 Å². The van der Waals surface area contributed by atoms with Crippen LogP contribution in [0, 0.1) is 0 Å². The highest BCUT2D eigenvalue weighted by Crippen LogP contribution is 2.22. The molecule has 0 amide bonds.